The maximum Gasteiger partial charge on any atom is 0.274 e. The second kappa shape index (κ2) is 9.29. The minimum absolute atomic E-state index is 0.0635. The van der Waals surface area contributed by atoms with Crippen molar-refractivity contribution in [2.45, 2.75) is 56.6 Å². The SMILES string of the molecule is C[C@@H]1C[C@@H](N)C[C@H](c2ccncc2NC(=O)c2ccc(F)c(-c3c(F)cc(C4(O)CC4)cc3F)n2)C1. The first-order chi connectivity index (χ1) is 17.1. The molecule has 6 nitrogen and oxygen atoms in total. The lowest BCUT2D eigenvalue weighted by atomic mass is 9.76. The third kappa shape index (κ3) is 4.73. The Balaban J connectivity index is 1.44. The van der Waals surface area contributed by atoms with Gasteiger partial charge >= 0.3 is 0 Å². The van der Waals surface area contributed by atoms with Crippen LogP contribution in [0.3, 0.4) is 0 Å². The van der Waals surface area contributed by atoms with Gasteiger partial charge in [-0.05, 0) is 85.4 Å². The Morgan fingerprint density at radius 2 is 1.81 bits per heavy atom. The highest BCUT2D eigenvalue weighted by atomic mass is 19.1. The van der Waals surface area contributed by atoms with Crippen LogP contribution in [0.4, 0.5) is 18.9 Å². The van der Waals surface area contributed by atoms with E-state index in [1.165, 1.54) is 6.20 Å². The minimum atomic E-state index is -1.25. The zero-order valence-electron chi connectivity index (χ0n) is 19.8. The van der Waals surface area contributed by atoms with E-state index in [0.29, 0.717) is 24.4 Å². The quantitative estimate of drug-likeness (QED) is 0.460. The zero-order chi connectivity index (χ0) is 25.6. The summed E-state index contributed by atoms with van der Waals surface area (Å²) in [6.45, 7) is 2.14. The lowest BCUT2D eigenvalue weighted by Crippen LogP contribution is -2.31. The van der Waals surface area contributed by atoms with E-state index in [4.69, 9.17) is 5.73 Å². The van der Waals surface area contributed by atoms with Gasteiger partial charge in [0, 0.05) is 12.2 Å². The van der Waals surface area contributed by atoms with Gasteiger partial charge in [0.2, 0.25) is 0 Å². The van der Waals surface area contributed by atoms with E-state index in [-0.39, 0.29) is 23.2 Å². The van der Waals surface area contributed by atoms with Crippen molar-refractivity contribution in [2.24, 2.45) is 11.7 Å². The summed E-state index contributed by atoms with van der Waals surface area (Å²) in [5.41, 5.74) is 4.92. The molecule has 0 aliphatic heterocycles. The summed E-state index contributed by atoms with van der Waals surface area (Å²) >= 11 is 0. The van der Waals surface area contributed by atoms with E-state index >= 15 is 0 Å². The Hall–Kier alpha value is -3.30. The molecule has 2 heterocycles. The van der Waals surface area contributed by atoms with Crippen molar-refractivity contribution in [1.82, 2.24) is 9.97 Å². The smallest absolute Gasteiger partial charge is 0.274 e. The number of aliphatic hydroxyl groups is 1. The lowest BCUT2D eigenvalue weighted by Gasteiger charge is -2.32. The predicted octanol–water partition coefficient (Wildman–Crippen LogP) is 5.03. The van der Waals surface area contributed by atoms with Gasteiger partial charge in [0.15, 0.2) is 0 Å². The van der Waals surface area contributed by atoms with Crippen LogP contribution in [0.1, 0.15) is 66.6 Å². The Bertz CT molecular complexity index is 1300. The van der Waals surface area contributed by atoms with Crippen LogP contribution in [0.15, 0.2) is 42.7 Å². The lowest BCUT2D eigenvalue weighted by molar-refractivity contribution is 0.102. The zero-order valence-corrected chi connectivity index (χ0v) is 19.8. The molecule has 2 aromatic heterocycles. The number of nitrogens with one attached hydrogen (secondary N) is 1. The van der Waals surface area contributed by atoms with Crippen molar-refractivity contribution in [3.05, 3.63) is 77.0 Å². The fourth-order valence-corrected chi connectivity index (χ4v) is 5.18. The highest BCUT2D eigenvalue weighted by Crippen LogP contribution is 2.46. The molecule has 188 valence electrons. The molecule has 5 rings (SSSR count). The summed E-state index contributed by atoms with van der Waals surface area (Å²) < 4.78 is 44.4. The highest BCUT2D eigenvalue weighted by Gasteiger charge is 2.43. The first-order valence-electron chi connectivity index (χ1n) is 12.0. The number of halogens is 3. The Morgan fingerprint density at radius 1 is 1.08 bits per heavy atom. The average Bonchev–Trinajstić information content (AvgIpc) is 3.58. The number of amides is 1. The fraction of sp³-hybridized carbons (Fsp3) is 0.370. The van der Waals surface area contributed by atoms with Crippen LogP contribution in [0.5, 0.6) is 0 Å². The molecule has 2 aliphatic carbocycles. The molecule has 36 heavy (non-hydrogen) atoms. The van der Waals surface area contributed by atoms with Gasteiger partial charge in [0.1, 0.15) is 28.8 Å². The summed E-state index contributed by atoms with van der Waals surface area (Å²) in [5, 5.41) is 13.0. The van der Waals surface area contributed by atoms with Crippen molar-refractivity contribution < 1.29 is 23.1 Å². The summed E-state index contributed by atoms with van der Waals surface area (Å²) in [6, 6.07) is 5.97. The van der Waals surface area contributed by atoms with Crippen LogP contribution >= 0.6 is 0 Å². The molecule has 3 aromatic rings. The molecular weight excluding hydrogens is 469 g/mol. The van der Waals surface area contributed by atoms with E-state index in [9.17, 15) is 23.1 Å². The molecule has 1 amide bonds. The molecule has 2 aliphatic rings. The molecule has 9 heteroatoms. The number of aromatic nitrogens is 2. The summed E-state index contributed by atoms with van der Waals surface area (Å²) in [6.07, 6.45) is 6.62. The van der Waals surface area contributed by atoms with Crippen LogP contribution in [-0.4, -0.2) is 27.0 Å². The van der Waals surface area contributed by atoms with Crippen molar-refractivity contribution in [3.8, 4) is 11.3 Å². The van der Waals surface area contributed by atoms with E-state index in [1.807, 2.05) is 6.07 Å². The first kappa shape index (κ1) is 24.4. The van der Waals surface area contributed by atoms with Crippen molar-refractivity contribution in [2.75, 3.05) is 5.32 Å². The number of hydrogen-bond acceptors (Lipinski definition) is 5. The normalized spacial score (nSPS) is 22.8. The number of hydrogen-bond donors (Lipinski definition) is 3. The molecule has 2 saturated carbocycles. The second-order valence-corrected chi connectivity index (χ2v) is 10.1. The van der Waals surface area contributed by atoms with Crippen LogP contribution in [0.25, 0.3) is 11.3 Å². The number of pyridine rings is 2. The van der Waals surface area contributed by atoms with Gasteiger partial charge in [-0.2, -0.15) is 0 Å². The van der Waals surface area contributed by atoms with Gasteiger partial charge in [0.25, 0.3) is 5.91 Å². The molecule has 0 spiro atoms. The maximum absolute atomic E-state index is 14.9. The molecule has 0 saturated heterocycles. The Kier molecular flexibility index (Phi) is 6.30. The van der Waals surface area contributed by atoms with E-state index in [2.05, 4.69) is 22.2 Å². The molecule has 0 bridgehead atoms. The molecule has 3 atom stereocenters. The van der Waals surface area contributed by atoms with E-state index < -0.39 is 40.2 Å². The molecule has 0 unspecified atom stereocenters. The topological polar surface area (TPSA) is 101 Å². The van der Waals surface area contributed by atoms with Gasteiger partial charge in [-0.15, -0.1) is 0 Å². The largest absolute Gasteiger partial charge is 0.385 e. The van der Waals surface area contributed by atoms with Crippen LogP contribution in [0, 0.1) is 23.4 Å². The number of carbonyl (C=O) groups excluding carboxylic acids is 1. The Labute approximate surface area is 206 Å². The number of rotatable bonds is 5. The predicted molar refractivity (Wildman–Crippen MR) is 129 cm³/mol. The number of benzene rings is 1. The Morgan fingerprint density at radius 3 is 2.47 bits per heavy atom. The number of nitrogens with two attached hydrogens (primary N) is 1. The molecule has 4 N–H and O–H groups in total. The van der Waals surface area contributed by atoms with E-state index in [0.717, 1.165) is 49.1 Å². The summed E-state index contributed by atoms with van der Waals surface area (Å²) in [5.74, 6) is -3.19. The standard InChI is InChI=1S/C27H27F3N4O2/c1-14-8-15(10-17(31)9-14)18-4-7-32-13-23(18)34-26(35)22-3-2-19(28)25(33-22)24-20(29)11-16(12-21(24)30)27(36)5-6-27/h2-4,7,11-15,17,36H,5-6,8-10,31H2,1H3,(H,34,35)/t14-,15+,17+/m0/s1. The number of anilines is 1. The third-order valence-electron chi connectivity index (χ3n) is 7.14. The minimum Gasteiger partial charge on any atom is -0.385 e. The number of nitrogens with zero attached hydrogens (tertiary/aromatic N) is 2. The molecular formula is C27H27F3N4O2. The van der Waals surface area contributed by atoms with Gasteiger partial charge < -0.3 is 16.2 Å². The van der Waals surface area contributed by atoms with Crippen molar-refractivity contribution in [1.29, 1.82) is 0 Å². The van der Waals surface area contributed by atoms with Gasteiger partial charge in [-0.3, -0.25) is 9.78 Å². The summed E-state index contributed by atoms with van der Waals surface area (Å²) in [7, 11) is 0. The van der Waals surface area contributed by atoms with Gasteiger partial charge in [-0.25, -0.2) is 18.2 Å². The van der Waals surface area contributed by atoms with Crippen LogP contribution in [0.2, 0.25) is 0 Å². The van der Waals surface area contributed by atoms with Crippen molar-refractivity contribution in [3.63, 3.8) is 0 Å². The van der Waals surface area contributed by atoms with Crippen LogP contribution < -0.4 is 11.1 Å². The fourth-order valence-electron chi connectivity index (χ4n) is 5.18. The third-order valence-corrected chi connectivity index (χ3v) is 7.14. The molecule has 2 fully saturated rings. The van der Waals surface area contributed by atoms with Gasteiger partial charge in [0.05, 0.1) is 23.0 Å². The van der Waals surface area contributed by atoms with E-state index in [1.54, 1.807) is 6.20 Å². The maximum atomic E-state index is 14.9. The van der Waals surface area contributed by atoms with Gasteiger partial charge in [-0.1, -0.05) is 6.92 Å². The second-order valence-electron chi connectivity index (χ2n) is 10.1. The monoisotopic (exact) mass is 496 g/mol. The average molecular weight is 497 g/mol. The first-order valence-corrected chi connectivity index (χ1v) is 12.0. The molecule has 1 aromatic carbocycles. The summed E-state index contributed by atoms with van der Waals surface area (Å²) in [4.78, 5) is 21.1. The number of carbonyl (C=O) groups is 1. The molecule has 0 radical (unpaired) electrons. The highest BCUT2D eigenvalue weighted by molar-refractivity contribution is 6.03. The van der Waals surface area contributed by atoms with Crippen molar-refractivity contribution >= 4 is 11.6 Å². The van der Waals surface area contributed by atoms with Crippen LogP contribution in [-0.2, 0) is 5.60 Å².